The highest BCUT2D eigenvalue weighted by Gasteiger charge is 2.13. The highest BCUT2D eigenvalue weighted by Crippen LogP contribution is 2.19. The monoisotopic (exact) mass is 260 g/mol. The molecule has 1 rings (SSSR count). The van der Waals surface area contributed by atoms with Gasteiger partial charge < -0.3 is 10.6 Å². The minimum absolute atomic E-state index is 0.109. The van der Waals surface area contributed by atoms with Crippen molar-refractivity contribution in [2.24, 2.45) is 0 Å². The molecule has 2 N–H and O–H groups in total. The molecule has 0 spiro atoms. The van der Waals surface area contributed by atoms with E-state index >= 15 is 0 Å². The van der Waals surface area contributed by atoms with Crippen molar-refractivity contribution in [2.75, 3.05) is 11.9 Å². The molecule has 0 fully saturated rings. The van der Waals surface area contributed by atoms with Crippen LogP contribution in [0.25, 0.3) is 0 Å². The van der Waals surface area contributed by atoms with E-state index in [2.05, 4.69) is 17.2 Å². The van der Waals surface area contributed by atoms with Crippen molar-refractivity contribution in [1.29, 1.82) is 0 Å². The van der Waals surface area contributed by atoms with Crippen LogP contribution in [-0.4, -0.2) is 11.7 Å². The van der Waals surface area contributed by atoms with E-state index in [1.54, 1.807) is 6.92 Å². The number of anilines is 1. The molecule has 0 radical (unpaired) electrons. The molecule has 0 bridgehead atoms. The van der Waals surface area contributed by atoms with Gasteiger partial charge in [0.05, 0.1) is 5.69 Å². The summed E-state index contributed by atoms with van der Waals surface area (Å²) in [5.41, 5.74) is 0.614. The van der Waals surface area contributed by atoms with Gasteiger partial charge in [0.25, 0.3) is 0 Å². The molecule has 0 aliphatic heterocycles. The van der Waals surface area contributed by atoms with Crippen molar-refractivity contribution >= 4 is 23.0 Å². The fourth-order valence-electron chi connectivity index (χ4n) is 1.02. The van der Waals surface area contributed by atoms with Crippen LogP contribution in [0.4, 0.5) is 18.9 Å². The minimum Gasteiger partial charge on any atom is -0.359 e. The van der Waals surface area contributed by atoms with E-state index in [-0.39, 0.29) is 10.8 Å². The van der Waals surface area contributed by atoms with Crippen LogP contribution in [0.15, 0.2) is 24.3 Å². The number of hydrogen-bond acceptors (Lipinski definition) is 1. The molecule has 1 aromatic carbocycles. The maximum Gasteiger partial charge on any atom is 0.196 e. The maximum atomic E-state index is 13.2. The highest BCUT2D eigenvalue weighted by molar-refractivity contribution is 7.80. The third-order valence-corrected chi connectivity index (χ3v) is 2.08. The second-order valence-electron chi connectivity index (χ2n) is 3.49. The van der Waals surface area contributed by atoms with Crippen LogP contribution in [0.5, 0.6) is 0 Å². The Morgan fingerprint density at radius 2 is 1.94 bits per heavy atom. The Kier molecular flexibility index (Phi) is 4.51. The van der Waals surface area contributed by atoms with Crippen molar-refractivity contribution in [2.45, 2.75) is 6.92 Å². The first-order valence-corrected chi connectivity index (χ1v) is 5.15. The zero-order chi connectivity index (χ0) is 13.0. The molecule has 2 nitrogen and oxygen atoms in total. The SMILES string of the molecule is C=C(C)CNC(=S)Nc1ccc(F)c(F)c1F. The number of halogens is 3. The van der Waals surface area contributed by atoms with E-state index in [4.69, 9.17) is 12.2 Å². The summed E-state index contributed by atoms with van der Waals surface area (Å²) in [4.78, 5) is 0. The molecule has 0 amide bonds. The van der Waals surface area contributed by atoms with Crippen LogP contribution < -0.4 is 10.6 Å². The summed E-state index contributed by atoms with van der Waals surface area (Å²) in [6.07, 6.45) is 0. The molecule has 0 saturated carbocycles. The Balaban J connectivity index is 2.72. The Labute approximate surface area is 103 Å². The van der Waals surface area contributed by atoms with E-state index in [1.807, 2.05) is 0 Å². The van der Waals surface area contributed by atoms with Gasteiger partial charge in [0.15, 0.2) is 22.6 Å². The summed E-state index contributed by atoms with van der Waals surface area (Å²) in [5.74, 6) is -4.07. The average Bonchev–Trinajstić information content (AvgIpc) is 2.27. The molecular formula is C11H11F3N2S. The Morgan fingerprint density at radius 3 is 2.53 bits per heavy atom. The van der Waals surface area contributed by atoms with Gasteiger partial charge in [-0.25, -0.2) is 13.2 Å². The van der Waals surface area contributed by atoms with Gasteiger partial charge in [0, 0.05) is 6.54 Å². The summed E-state index contributed by atoms with van der Waals surface area (Å²) in [6.45, 7) is 5.84. The predicted molar refractivity (Wildman–Crippen MR) is 65.4 cm³/mol. The normalized spacial score (nSPS) is 9.88. The number of benzene rings is 1. The molecule has 1 aromatic rings. The van der Waals surface area contributed by atoms with Gasteiger partial charge in [-0.15, -0.1) is 0 Å². The quantitative estimate of drug-likeness (QED) is 0.496. The fourth-order valence-corrected chi connectivity index (χ4v) is 1.20. The average molecular weight is 260 g/mol. The van der Waals surface area contributed by atoms with Crippen LogP contribution in [0, 0.1) is 17.5 Å². The summed E-state index contributed by atoms with van der Waals surface area (Å²) < 4.78 is 38.8. The first kappa shape index (κ1) is 13.5. The van der Waals surface area contributed by atoms with E-state index in [9.17, 15) is 13.2 Å². The first-order valence-electron chi connectivity index (χ1n) is 4.74. The van der Waals surface area contributed by atoms with Crippen molar-refractivity contribution in [3.8, 4) is 0 Å². The van der Waals surface area contributed by atoms with Crippen LogP contribution in [0.3, 0.4) is 0 Å². The van der Waals surface area contributed by atoms with E-state index in [0.717, 1.165) is 17.7 Å². The van der Waals surface area contributed by atoms with Gasteiger partial charge >= 0.3 is 0 Å². The Bertz CT molecular complexity index is 460. The molecule has 92 valence electrons. The lowest BCUT2D eigenvalue weighted by atomic mass is 10.3. The standard InChI is InChI=1S/C11H11F3N2S/c1-6(2)5-15-11(17)16-8-4-3-7(12)9(13)10(8)14/h3-4H,1,5H2,2H3,(H2,15,16,17). The lowest BCUT2D eigenvalue weighted by Gasteiger charge is -2.11. The summed E-state index contributed by atoms with van der Waals surface area (Å²) >= 11 is 4.84. The second-order valence-corrected chi connectivity index (χ2v) is 3.90. The number of nitrogens with one attached hydrogen (secondary N) is 2. The topological polar surface area (TPSA) is 24.1 Å². The zero-order valence-corrected chi connectivity index (χ0v) is 9.93. The number of rotatable bonds is 3. The largest absolute Gasteiger partial charge is 0.359 e. The molecule has 0 aliphatic carbocycles. The van der Waals surface area contributed by atoms with Gasteiger partial charge in [-0.05, 0) is 31.3 Å². The Morgan fingerprint density at radius 1 is 1.29 bits per heavy atom. The molecule has 17 heavy (non-hydrogen) atoms. The summed E-state index contributed by atoms with van der Waals surface area (Å²) in [7, 11) is 0. The van der Waals surface area contributed by atoms with Gasteiger partial charge in [-0.1, -0.05) is 12.2 Å². The van der Waals surface area contributed by atoms with Crippen molar-refractivity contribution in [3.63, 3.8) is 0 Å². The van der Waals surface area contributed by atoms with Crippen molar-refractivity contribution in [1.82, 2.24) is 5.32 Å². The molecule has 0 saturated heterocycles. The molecule has 0 aliphatic rings. The van der Waals surface area contributed by atoms with Crippen LogP contribution in [0.1, 0.15) is 6.92 Å². The maximum absolute atomic E-state index is 13.2. The van der Waals surface area contributed by atoms with E-state index in [0.29, 0.717) is 6.54 Å². The van der Waals surface area contributed by atoms with Crippen molar-refractivity contribution in [3.05, 3.63) is 41.7 Å². The molecule has 0 aromatic heterocycles. The number of thiocarbonyl (C=S) groups is 1. The smallest absolute Gasteiger partial charge is 0.196 e. The minimum atomic E-state index is -1.53. The third kappa shape index (κ3) is 3.74. The fraction of sp³-hybridized carbons (Fsp3) is 0.182. The lowest BCUT2D eigenvalue weighted by molar-refractivity contribution is 0.449. The van der Waals surface area contributed by atoms with Crippen LogP contribution in [-0.2, 0) is 0 Å². The van der Waals surface area contributed by atoms with Gasteiger partial charge in [0.2, 0.25) is 0 Å². The molecule has 0 unspecified atom stereocenters. The second kappa shape index (κ2) is 5.67. The first-order chi connectivity index (χ1) is 7.91. The van der Waals surface area contributed by atoms with Crippen molar-refractivity contribution < 1.29 is 13.2 Å². The number of hydrogen-bond donors (Lipinski definition) is 2. The summed E-state index contributed by atoms with van der Waals surface area (Å²) in [5, 5.41) is 5.27. The molecule has 0 atom stereocenters. The Hall–Kier alpha value is -1.56. The molecule has 6 heteroatoms. The zero-order valence-electron chi connectivity index (χ0n) is 9.11. The van der Waals surface area contributed by atoms with E-state index in [1.165, 1.54) is 0 Å². The van der Waals surface area contributed by atoms with Gasteiger partial charge in [-0.2, -0.15) is 0 Å². The van der Waals surface area contributed by atoms with Gasteiger partial charge in [-0.3, -0.25) is 0 Å². The molecular weight excluding hydrogens is 249 g/mol. The third-order valence-electron chi connectivity index (χ3n) is 1.83. The lowest BCUT2D eigenvalue weighted by Crippen LogP contribution is -2.30. The van der Waals surface area contributed by atoms with Crippen LogP contribution >= 0.6 is 12.2 Å². The van der Waals surface area contributed by atoms with Crippen LogP contribution in [0.2, 0.25) is 0 Å². The van der Waals surface area contributed by atoms with E-state index < -0.39 is 17.5 Å². The molecule has 0 heterocycles. The predicted octanol–water partition coefficient (Wildman–Crippen LogP) is 2.97. The summed E-state index contributed by atoms with van der Waals surface area (Å²) in [6, 6.07) is 1.89. The van der Waals surface area contributed by atoms with Gasteiger partial charge in [0.1, 0.15) is 0 Å². The highest BCUT2D eigenvalue weighted by atomic mass is 32.1.